The SMILES string of the molecule is Cc1cc(NC(=O)c2csc(I)c2)on1. The van der Waals surface area contributed by atoms with Gasteiger partial charge in [0.15, 0.2) is 0 Å². The summed E-state index contributed by atoms with van der Waals surface area (Å²) in [6, 6.07) is 3.50. The van der Waals surface area contributed by atoms with Crippen LogP contribution in [0.2, 0.25) is 0 Å². The van der Waals surface area contributed by atoms with Gasteiger partial charge in [-0.25, -0.2) is 0 Å². The zero-order chi connectivity index (χ0) is 10.8. The standard InChI is InChI=1S/C9H7IN2O2S/c1-5-2-8(14-12-5)11-9(13)6-3-7(10)15-4-6/h2-4H,1H3,(H,11,13). The van der Waals surface area contributed by atoms with E-state index >= 15 is 0 Å². The van der Waals surface area contributed by atoms with Gasteiger partial charge in [-0.3, -0.25) is 10.1 Å². The summed E-state index contributed by atoms with van der Waals surface area (Å²) < 4.78 is 5.96. The van der Waals surface area contributed by atoms with Crippen molar-refractivity contribution in [3.8, 4) is 0 Å². The molecule has 6 heteroatoms. The van der Waals surface area contributed by atoms with Gasteiger partial charge in [0.25, 0.3) is 5.91 Å². The number of aryl methyl sites for hydroxylation is 1. The van der Waals surface area contributed by atoms with Crippen LogP contribution < -0.4 is 5.32 Å². The van der Waals surface area contributed by atoms with E-state index < -0.39 is 0 Å². The molecular formula is C9H7IN2O2S. The first-order chi connectivity index (χ1) is 7.15. The first-order valence-corrected chi connectivity index (χ1v) is 6.10. The minimum Gasteiger partial charge on any atom is -0.338 e. The second-order valence-corrected chi connectivity index (χ2v) is 5.73. The maximum absolute atomic E-state index is 11.6. The molecule has 1 N–H and O–H groups in total. The molecule has 0 aliphatic heterocycles. The van der Waals surface area contributed by atoms with Gasteiger partial charge in [0.1, 0.15) is 0 Å². The molecule has 0 bridgehead atoms. The van der Waals surface area contributed by atoms with Crippen molar-refractivity contribution in [3.63, 3.8) is 0 Å². The highest BCUT2D eigenvalue weighted by Crippen LogP contribution is 2.18. The third-order valence-corrected chi connectivity index (χ3v) is 3.48. The van der Waals surface area contributed by atoms with E-state index in [4.69, 9.17) is 4.52 Å². The van der Waals surface area contributed by atoms with Gasteiger partial charge in [-0.05, 0) is 35.6 Å². The minimum atomic E-state index is -0.176. The Kier molecular flexibility index (Phi) is 3.06. The number of aromatic nitrogens is 1. The minimum absolute atomic E-state index is 0.176. The quantitative estimate of drug-likeness (QED) is 0.860. The zero-order valence-corrected chi connectivity index (χ0v) is 10.8. The van der Waals surface area contributed by atoms with E-state index in [1.54, 1.807) is 18.4 Å². The van der Waals surface area contributed by atoms with E-state index in [0.29, 0.717) is 11.4 Å². The molecule has 1 amide bonds. The molecule has 0 unspecified atom stereocenters. The van der Waals surface area contributed by atoms with Crippen molar-refractivity contribution in [1.29, 1.82) is 0 Å². The molecule has 2 aromatic rings. The lowest BCUT2D eigenvalue weighted by molar-refractivity contribution is 0.102. The molecule has 2 aromatic heterocycles. The summed E-state index contributed by atoms with van der Waals surface area (Å²) >= 11 is 3.70. The molecule has 15 heavy (non-hydrogen) atoms. The Balaban J connectivity index is 2.10. The highest BCUT2D eigenvalue weighted by molar-refractivity contribution is 14.1. The van der Waals surface area contributed by atoms with E-state index in [1.807, 2.05) is 6.07 Å². The highest BCUT2D eigenvalue weighted by atomic mass is 127. The first-order valence-electron chi connectivity index (χ1n) is 4.14. The third kappa shape index (κ3) is 2.57. The zero-order valence-electron chi connectivity index (χ0n) is 7.78. The molecule has 0 saturated carbocycles. The van der Waals surface area contributed by atoms with Gasteiger partial charge in [0.05, 0.1) is 14.1 Å². The van der Waals surface area contributed by atoms with Crippen molar-refractivity contribution in [3.05, 3.63) is 31.7 Å². The number of hydrogen-bond donors (Lipinski definition) is 1. The summed E-state index contributed by atoms with van der Waals surface area (Å²) in [5.41, 5.74) is 1.38. The summed E-state index contributed by atoms with van der Waals surface area (Å²) in [5, 5.41) is 8.11. The van der Waals surface area contributed by atoms with E-state index in [0.717, 1.165) is 8.58 Å². The molecule has 2 rings (SSSR count). The number of nitrogens with one attached hydrogen (secondary N) is 1. The first kappa shape index (κ1) is 10.6. The molecule has 4 nitrogen and oxygen atoms in total. The number of amides is 1. The number of nitrogens with zero attached hydrogens (tertiary/aromatic N) is 1. The summed E-state index contributed by atoms with van der Waals surface area (Å²) in [4.78, 5) is 11.6. The fraction of sp³-hybridized carbons (Fsp3) is 0.111. The Labute approximate surface area is 104 Å². The number of rotatable bonds is 2. The van der Waals surface area contributed by atoms with Crippen LogP contribution in [0.25, 0.3) is 0 Å². The maximum atomic E-state index is 11.6. The van der Waals surface area contributed by atoms with Crippen LogP contribution in [0.3, 0.4) is 0 Å². The van der Waals surface area contributed by atoms with Crippen LogP contribution in [0.5, 0.6) is 0 Å². The lowest BCUT2D eigenvalue weighted by Gasteiger charge is -1.96. The monoisotopic (exact) mass is 334 g/mol. The van der Waals surface area contributed by atoms with Crippen molar-refractivity contribution in [2.24, 2.45) is 0 Å². The summed E-state index contributed by atoms with van der Waals surface area (Å²) in [7, 11) is 0. The van der Waals surface area contributed by atoms with Crippen LogP contribution in [-0.2, 0) is 0 Å². The molecule has 0 saturated heterocycles. The molecule has 2 heterocycles. The van der Waals surface area contributed by atoms with Crippen LogP contribution in [-0.4, -0.2) is 11.1 Å². The fourth-order valence-electron chi connectivity index (χ4n) is 1.04. The van der Waals surface area contributed by atoms with Gasteiger partial charge >= 0.3 is 0 Å². The number of carbonyl (C=O) groups is 1. The number of halogens is 1. The van der Waals surface area contributed by atoms with Gasteiger partial charge < -0.3 is 4.52 Å². The molecule has 0 spiro atoms. The van der Waals surface area contributed by atoms with Gasteiger partial charge in [-0.15, -0.1) is 11.3 Å². The third-order valence-electron chi connectivity index (χ3n) is 1.69. The van der Waals surface area contributed by atoms with Crippen molar-refractivity contribution < 1.29 is 9.32 Å². The summed E-state index contributed by atoms with van der Waals surface area (Å²) in [6.07, 6.45) is 0. The lowest BCUT2D eigenvalue weighted by atomic mass is 10.3. The van der Waals surface area contributed by atoms with Crippen LogP contribution in [0.1, 0.15) is 16.1 Å². The average molecular weight is 334 g/mol. The summed E-state index contributed by atoms with van der Waals surface area (Å²) in [5.74, 6) is 0.198. The van der Waals surface area contributed by atoms with Crippen molar-refractivity contribution in [2.75, 3.05) is 5.32 Å². The van der Waals surface area contributed by atoms with Crippen LogP contribution >= 0.6 is 33.9 Å². The number of carbonyl (C=O) groups excluding carboxylic acids is 1. The number of thiophene rings is 1. The van der Waals surface area contributed by atoms with Gasteiger partial charge in [-0.1, -0.05) is 5.16 Å². The molecule has 0 fully saturated rings. The second-order valence-electron chi connectivity index (χ2n) is 2.93. The maximum Gasteiger partial charge on any atom is 0.258 e. The largest absolute Gasteiger partial charge is 0.338 e. The molecule has 78 valence electrons. The van der Waals surface area contributed by atoms with Crippen molar-refractivity contribution in [2.45, 2.75) is 6.92 Å². The van der Waals surface area contributed by atoms with E-state index in [1.165, 1.54) is 11.3 Å². The fourth-order valence-corrected chi connectivity index (χ4v) is 2.36. The smallest absolute Gasteiger partial charge is 0.258 e. The van der Waals surface area contributed by atoms with E-state index in [9.17, 15) is 4.79 Å². The van der Waals surface area contributed by atoms with Crippen molar-refractivity contribution >= 4 is 45.7 Å². The number of hydrogen-bond acceptors (Lipinski definition) is 4. The van der Waals surface area contributed by atoms with Gasteiger partial charge in [0.2, 0.25) is 5.88 Å². The molecule has 0 aromatic carbocycles. The number of anilines is 1. The summed E-state index contributed by atoms with van der Waals surface area (Å²) in [6.45, 7) is 1.80. The average Bonchev–Trinajstić information content (AvgIpc) is 2.75. The lowest BCUT2D eigenvalue weighted by Crippen LogP contribution is -2.09. The Morgan fingerprint density at radius 2 is 2.40 bits per heavy atom. The Morgan fingerprint density at radius 3 is 2.93 bits per heavy atom. The Morgan fingerprint density at radius 1 is 1.60 bits per heavy atom. The Hall–Kier alpha value is -0.890. The van der Waals surface area contributed by atoms with E-state index in [2.05, 4.69) is 33.1 Å². The molecular weight excluding hydrogens is 327 g/mol. The normalized spacial score (nSPS) is 10.3. The van der Waals surface area contributed by atoms with Crippen LogP contribution in [0.15, 0.2) is 22.0 Å². The molecule has 0 aliphatic rings. The molecule has 0 aliphatic carbocycles. The molecule has 0 atom stereocenters. The van der Waals surface area contributed by atoms with Crippen molar-refractivity contribution in [1.82, 2.24) is 5.16 Å². The Bertz CT molecular complexity index is 492. The predicted molar refractivity (Wildman–Crippen MR) is 66.2 cm³/mol. The second kappa shape index (κ2) is 4.31. The topological polar surface area (TPSA) is 55.1 Å². The van der Waals surface area contributed by atoms with Crippen LogP contribution in [0, 0.1) is 9.81 Å². The molecule has 0 radical (unpaired) electrons. The van der Waals surface area contributed by atoms with Crippen LogP contribution in [0.4, 0.5) is 5.88 Å². The van der Waals surface area contributed by atoms with Gasteiger partial charge in [0, 0.05) is 11.4 Å². The highest BCUT2D eigenvalue weighted by Gasteiger charge is 2.10. The predicted octanol–water partition coefficient (Wildman–Crippen LogP) is 2.90. The van der Waals surface area contributed by atoms with Gasteiger partial charge in [-0.2, -0.15) is 0 Å². The van der Waals surface area contributed by atoms with E-state index in [-0.39, 0.29) is 5.91 Å².